The van der Waals surface area contributed by atoms with Crippen molar-refractivity contribution in [1.29, 1.82) is 0 Å². The van der Waals surface area contributed by atoms with E-state index in [1.54, 1.807) is 0 Å². The minimum absolute atomic E-state index is 0.690. The van der Waals surface area contributed by atoms with Gasteiger partial charge in [0.1, 0.15) is 0 Å². The zero-order valence-electron chi connectivity index (χ0n) is 16.0. The second-order valence-electron chi connectivity index (χ2n) is 7.85. The summed E-state index contributed by atoms with van der Waals surface area (Å²) in [6.45, 7) is 4.71. The molecule has 1 fully saturated rings. The number of benzene rings is 3. The van der Waals surface area contributed by atoms with E-state index in [4.69, 9.17) is 11.6 Å². The van der Waals surface area contributed by atoms with Gasteiger partial charge in [0.05, 0.1) is 5.69 Å². The molecule has 144 valence electrons. The zero-order chi connectivity index (χ0) is 18.9. The van der Waals surface area contributed by atoms with Gasteiger partial charge in [-0.25, -0.2) is 0 Å². The lowest BCUT2D eigenvalue weighted by Gasteiger charge is -2.32. The predicted molar refractivity (Wildman–Crippen MR) is 122 cm³/mol. The van der Waals surface area contributed by atoms with Crippen molar-refractivity contribution in [3.63, 3.8) is 0 Å². The van der Waals surface area contributed by atoms with Crippen LogP contribution < -0.4 is 4.31 Å². The van der Waals surface area contributed by atoms with Crippen LogP contribution in [0, 0.1) is 0 Å². The molecule has 0 radical (unpaired) electrons. The highest BCUT2D eigenvalue weighted by Gasteiger charge is 2.23. The predicted octanol–water partition coefficient (Wildman–Crippen LogP) is 6.59. The van der Waals surface area contributed by atoms with Crippen LogP contribution in [0.4, 0.5) is 5.69 Å². The Kier molecular flexibility index (Phi) is 5.23. The molecule has 0 aromatic heterocycles. The molecule has 0 amide bonds. The maximum absolute atomic E-state index is 6.03. The van der Waals surface area contributed by atoms with Crippen molar-refractivity contribution in [2.45, 2.75) is 30.1 Å². The number of hydrogen-bond acceptors (Lipinski definition) is 3. The van der Waals surface area contributed by atoms with Gasteiger partial charge in [0, 0.05) is 21.8 Å². The van der Waals surface area contributed by atoms with Gasteiger partial charge in [-0.2, -0.15) is 0 Å². The van der Waals surface area contributed by atoms with Crippen molar-refractivity contribution in [3.8, 4) is 0 Å². The summed E-state index contributed by atoms with van der Waals surface area (Å²) in [6.07, 6.45) is 3.72. The molecule has 0 bridgehead atoms. The van der Waals surface area contributed by atoms with Gasteiger partial charge in [0.25, 0.3) is 0 Å². The van der Waals surface area contributed by atoms with E-state index in [1.165, 1.54) is 65.8 Å². The standard InChI is InChI=1S/C24H25ClN2S/c25-21-10-8-18(9-11-21)19-12-16-26(17-13-19)14-3-15-27-22-6-1-4-20-5-2-7-23(28-27)24(20)22/h1-2,4-11,19H,3,12-17H2. The van der Waals surface area contributed by atoms with Crippen molar-refractivity contribution < 1.29 is 0 Å². The average Bonchev–Trinajstić information content (AvgIpc) is 3.09. The largest absolute Gasteiger partial charge is 0.311 e. The molecule has 2 heterocycles. The lowest BCUT2D eigenvalue weighted by molar-refractivity contribution is 0.211. The molecule has 4 heteroatoms. The van der Waals surface area contributed by atoms with E-state index in [-0.39, 0.29) is 0 Å². The van der Waals surface area contributed by atoms with Crippen LogP contribution in [-0.4, -0.2) is 31.1 Å². The molecule has 3 aromatic rings. The Morgan fingerprint density at radius 2 is 1.64 bits per heavy atom. The first-order chi connectivity index (χ1) is 13.8. The summed E-state index contributed by atoms with van der Waals surface area (Å²) in [5.74, 6) is 0.690. The Labute approximate surface area is 176 Å². The second kappa shape index (κ2) is 7.98. The maximum atomic E-state index is 6.03. The minimum atomic E-state index is 0.690. The van der Waals surface area contributed by atoms with Crippen molar-refractivity contribution in [2.24, 2.45) is 0 Å². The van der Waals surface area contributed by atoms with Gasteiger partial charge >= 0.3 is 0 Å². The molecule has 5 rings (SSSR count). The Balaban J connectivity index is 1.13. The Hall–Kier alpha value is -1.68. The third-order valence-electron chi connectivity index (χ3n) is 6.09. The molecule has 2 nitrogen and oxygen atoms in total. The van der Waals surface area contributed by atoms with Gasteiger partial charge < -0.3 is 9.21 Å². The highest BCUT2D eigenvalue weighted by molar-refractivity contribution is 8.01. The highest BCUT2D eigenvalue weighted by Crippen LogP contribution is 2.45. The van der Waals surface area contributed by atoms with E-state index in [0.717, 1.165) is 11.6 Å². The fourth-order valence-corrected chi connectivity index (χ4v) is 5.86. The van der Waals surface area contributed by atoms with Crippen molar-refractivity contribution in [1.82, 2.24) is 4.90 Å². The van der Waals surface area contributed by atoms with Crippen LogP contribution in [0.15, 0.2) is 65.6 Å². The molecule has 0 unspecified atom stereocenters. The normalized spacial score (nSPS) is 17.5. The molecule has 28 heavy (non-hydrogen) atoms. The molecule has 1 saturated heterocycles. The number of likely N-dealkylation sites (tertiary alicyclic amines) is 1. The van der Waals surface area contributed by atoms with Gasteiger partial charge in [-0.3, -0.25) is 0 Å². The summed E-state index contributed by atoms with van der Waals surface area (Å²) < 4.78 is 2.48. The molecule has 0 atom stereocenters. The van der Waals surface area contributed by atoms with E-state index in [2.05, 4.69) is 57.7 Å². The SMILES string of the molecule is Clc1ccc(C2CCN(CCCN3Sc4cccc5cccc3c45)CC2)cc1. The number of piperidine rings is 1. The average molecular weight is 409 g/mol. The minimum Gasteiger partial charge on any atom is -0.311 e. The van der Waals surface area contributed by atoms with Crippen LogP contribution >= 0.6 is 23.5 Å². The molecular formula is C24H25ClN2S. The molecule has 0 aliphatic carbocycles. The molecule has 0 N–H and O–H groups in total. The smallest absolute Gasteiger partial charge is 0.0563 e. The van der Waals surface area contributed by atoms with E-state index in [9.17, 15) is 0 Å². The first-order valence-corrected chi connectivity index (χ1v) is 11.4. The van der Waals surface area contributed by atoms with E-state index >= 15 is 0 Å². The van der Waals surface area contributed by atoms with Gasteiger partial charge in [-0.1, -0.05) is 48.0 Å². The summed E-state index contributed by atoms with van der Waals surface area (Å²) in [4.78, 5) is 4.04. The van der Waals surface area contributed by atoms with Crippen LogP contribution in [-0.2, 0) is 0 Å². The summed E-state index contributed by atoms with van der Waals surface area (Å²) >= 11 is 7.93. The third-order valence-corrected chi connectivity index (χ3v) is 7.47. The number of halogens is 1. The molecule has 2 aliphatic rings. The summed E-state index contributed by atoms with van der Waals surface area (Å²) in [6, 6.07) is 21.8. The first-order valence-electron chi connectivity index (χ1n) is 10.2. The van der Waals surface area contributed by atoms with Crippen LogP contribution in [0.25, 0.3) is 10.8 Å². The van der Waals surface area contributed by atoms with Gasteiger partial charge in [0.15, 0.2) is 0 Å². The zero-order valence-corrected chi connectivity index (χ0v) is 17.6. The van der Waals surface area contributed by atoms with Gasteiger partial charge in [-0.05, 0) is 92.0 Å². The number of rotatable bonds is 5. The summed E-state index contributed by atoms with van der Waals surface area (Å²) in [7, 11) is 0. The first kappa shape index (κ1) is 18.4. The van der Waals surface area contributed by atoms with Crippen LogP contribution in [0.3, 0.4) is 0 Å². The molecule has 0 saturated carbocycles. The summed E-state index contributed by atoms with van der Waals surface area (Å²) in [5, 5.41) is 3.62. The molecule has 3 aromatic carbocycles. The van der Waals surface area contributed by atoms with Crippen LogP contribution in [0.2, 0.25) is 5.02 Å². The van der Waals surface area contributed by atoms with E-state index < -0.39 is 0 Å². The van der Waals surface area contributed by atoms with Gasteiger partial charge in [-0.15, -0.1) is 0 Å². The van der Waals surface area contributed by atoms with Gasteiger partial charge in [0.2, 0.25) is 0 Å². The molecular weight excluding hydrogens is 384 g/mol. The second-order valence-corrected chi connectivity index (χ2v) is 9.35. The number of hydrogen-bond donors (Lipinski definition) is 0. The molecule has 2 aliphatic heterocycles. The Morgan fingerprint density at radius 1 is 0.893 bits per heavy atom. The monoisotopic (exact) mass is 408 g/mol. The van der Waals surface area contributed by atoms with E-state index in [0.29, 0.717) is 5.92 Å². The lowest BCUT2D eigenvalue weighted by Crippen LogP contribution is -2.34. The Bertz CT molecular complexity index is 959. The Morgan fingerprint density at radius 3 is 2.43 bits per heavy atom. The third kappa shape index (κ3) is 3.63. The topological polar surface area (TPSA) is 6.48 Å². The van der Waals surface area contributed by atoms with Crippen molar-refractivity contribution in [3.05, 3.63) is 71.2 Å². The van der Waals surface area contributed by atoms with Crippen molar-refractivity contribution in [2.75, 3.05) is 30.5 Å². The number of nitrogens with zero attached hydrogens (tertiary/aromatic N) is 2. The number of anilines is 1. The fraction of sp³-hybridized carbons (Fsp3) is 0.333. The van der Waals surface area contributed by atoms with Crippen LogP contribution in [0.5, 0.6) is 0 Å². The van der Waals surface area contributed by atoms with E-state index in [1.807, 2.05) is 24.1 Å². The molecule has 0 spiro atoms. The van der Waals surface area contributed by atoms with Crippen LogP contribution in [0.1, 0.15) is 30.7 Å². The highest BCUT2D eigenvalue weighted by atomic mass is 35.5. The lowest BCUT2D eigenvalue weighted by atomic mass is 9.89. The quantitative estimate of drug-likeness (QED) is 0.439. The van der Waals surface area contributed by atoms with Crippen molar-refractivity contribution >= 4 is 40.0 Å². The fourth-order valence-electron chi connectivity index (χ4n) is 4.57. The summed E-state index contributed by atoms with van der Waals surface area (Å²) in [5.41, 5.74) is 2.84. The maximum Gasteiger partial charge on any atom is 0.0563 e.